The van der Waals surface area contributed by atoms with Gasteiger partial charge in [0, 0.05) is 50.8 Å². The van der Waals surface area contributed by atoms with E-state index >= 15 is 0 Å². The normalized spacial score (nSPS) is 24.4. The standard InChI is InChI=1S/C29H38ClN5O6/c1-29(28(38)39)12-5-4-7-19(29)27(37)35-14-11-18-20(30)9-10-24(26(18)22(35)15-34-13-6-8-25(34)36)41-16-21-23(17-40-3)33(2)32-31-21/h9-10,19,22H,4-8,11-17H2,1-3H3,(H,38,39)/t19-,22?,29-/m0/s1. The number of hydrogen-bond acceptors (Lipinski definition) is 7. The Morgan fingerprint density at radius 1 is 1.17 bits per heavy atom. The first-order valence-corrected chi connectivity index (χ1v) is 14.7. The Morgan fingerprint density at radius 2 is 1.98 bits per heavy atom. The van der Waals surface area contributed by atoms with Gasteiger partial charge in [-0.05, 0) is 50.3 Å². The molecule has 1 saturated carbocycles. The average molecular weight is 588 g/mol. The number of halogens is 1. The molecule has 1 N–H and O–H groups in total. The van der Waals surface area contributed by atoms with E-state index < -0.39 is 23.3 Å². The van der Waals surface area contributed by atoms with Crippen LogP contribution in [0.1, 0.15) is 74.0 Å². The van der Waals surface area contributed by atoms with Crippen molar-refractivity contribution in [1.29, 1.82) is 0 Å². The molecule has 0 bridgehead atoms. The summed E-state index contributed by atoms with van der Waals surface area (Å²) >= 11 is 6.72. The number of benzene rings is 1. The number of hydrogen-bond donors (Lipinski definition) is 1. The number of aromatic nitrogens is 3. The van der Waals surface area contributed by atoms with Crippen LogP contribution in [0.5, 0.6) is 5.75 Å². The van der Waals surface area contributed by atoms with Crippen molar-refractivity contribution >= 4 is 29.4 Å². The molecule has 1 aromatic carbocycles. The van der Waals surface area contributed by atoms with Gasteiger partial charge in [-0.2, -0.15) is 0 Å². The Balaban J connectivity index is 1.52. The van der Waals surface area contributed by atoms with Gasteiger partial charge in [0.1, 0.15) is 18.1 Å². The van der Waals surface area contributed by atoms with Crippen LogP contribution < -0.4 is 4.74 Å². The first kappa shape index (κ1) is 29.3. The van der Waals surface area contributed by atoms with Gasteiger partial charge < -0.3 is 24.4 Å². The van der Waals surface area contributed by atoms with E-state index in [2.05, 4.69) is 10.3 Å². The first-order valence-electron chi connectivity index (χ1n) is 14.3. The van der Waals surface area contributed by atoms with Crippen LogP contribution in [0, 0.1) is 11.3 Å². The fourth-order valence-corrected chi connectivity index (χ4v) is 6.90. The summed E-state index contributed by atoms with van der Waals surface area (Å²) in [6, 6.07) is 3.06. The zero-order valence-corrected chi connectivity index (χ0v) is 24.7. The molecule has 5 rings (SSSR count). The third-order valence-corrected chi connectivity index (χ3v) is 9.44. The van der Waals surface area contributed by atoms with Crippen LogP contribution in [0.25, 0.3) is 0 Å². The maximum atomic E-state index is 14.3. The second kappa shape index (κ2) is 12.0. The van der Waals surface area contributed by atoms with Gasteiger partial charge in [0.05, 0.1) is 29.7 Å². The molecule has 11 nitrogen and oxygen atoms in total. The largest absolute Gasteiger partial charge is 0.487 e. The Kier molecular flexibility index (Phi) is 8.56. The molecule has 1 unspecified atom stereocenters. The monoisotopic (exact) mass is 587 g/mol. The van der Waals surface area contributed by atoms with Gasteiger partial charge in [0.2, 0.25) is 11.8 Å². The van der Waals surface area contributed by atoms with Crippen molar-refractivity contribution in [3.8, 4) is 5.75 Å². The first-order chi connectivity index (χ1) is 19.7. The van der Waals surface area contributed by atoms with Crippen molar-refractivity contribution in [3.05, 3.63) is 39.7 Å². The van der Waals surface area contributed by atoms with E-state index in [1.807, 2.05) is 0 Å². The van der Waals surface area contributed by atoms with Crippen molar-refractivity contribution in [3.63, 3.8) is 0 Å². The number of aliphatic carboxylic acids is 1. The van der Waals surface area contributed by atoms with E-state index in [0.717, 1.165) is 36.1 Å². The molecule has 2 amide bonds. The number of ether oxygens (including phenoxy) is 2. The van der Waals surface area contributed by atoms with Crippen LogP contribution in [-0.2, 0) is 45.8 Å². The minimum Gasteiger partial charge on any atom is -0.487 e. The van der Waals surface area contributed by atoms with E-state index in [9.17, 15) is 19.5 Å². The number of likely N-dealkylation sites (tertiary alicyclic amines) is 1. The van der Waals surface area contributed by atoms with Crippen LogP contribution in [-0.4, -0.2) is 74.4 Å². The number of carbonyl (C=O) groups excluding carboxylic acids is 2. The maximum absolute atomic E-state index is 14.3. The number of carboxylic acids is 1. The van der Waals surface area contributed by atoms with Crippen LogP contribution in [0.15, 0.2) is 12.1 Å². The second-order valence-corrected chi connectivity index (χ2v) is 11.9. The minimum absolute atomic E-state index is 0.0471. The van der Waals surface area contributed by atoms with Gasteiger partial charge in [0.25, 0.3) is 0 Å². The van der Waals surface area contributed by atoms with E-state index in [-0.39, 0.29) is 18.4 Å². The highest BCUT2D eigenvalue weighted by atomic mass is 35.5. The molecule has 12 heteroatoms. The fourth-order valence-electron chi connectivity index (χ4n) is 6.64. The van der Waals surface area contributed by atoms with Crippen molar-refractivity contribution in [2.75, 3.05) is 26.7 Å². The summed E-state index contributed by atoms with van der Waals surface area (Å²) in [5.74, 6) is -1.17. The quantitative estimate of drug-likeness (QED) is 0.472. The second-order valence-electron chi connectivity index (χ2n) is 11.5. The van der Waals surface area contributed by atoms with Crippen LogP contribution in [0.3, 0.4) is 0 Å². The van der Waals surface area contributed by atoms with Gasteiger partial charge >= 0.3 is 5.97 Å². The lowest BCUT2D eigenvalue weighted by molar-refractivity contribution is -0.162. The number of carboxylic acid groups (broad SMARTS) is 1. The van der Waals surface area contributed by atoms with E-state index in [1.54, 1.807) is 47.7 Å². The summed E-state index contributed by atoms with van der Waals surface area (Å²) in [6.45, 7) is 3.44. The Labute approximate surface area is 244 Å². The van der Waals surface area contributed by atoms with Crippen molar-refractivity contribution in [2.45, 2.75) is 71.1 Å². The van der Waals surface area contributed by atoms with E-state index in [4.69, 9.17) is 21.1 Å². The number of amides is 2. The minimum atomic E-state index is -1.14. The van der Waals surface area contributed by atoms with Crippen LogP contribution in [0.2, 0.25) is 5.02 Å². The lowest BCUT2D eigenvalue weighted by Crippen LogP contribution is -2.52. The molecule has 3 atom stereocenters. The Morgan fingerprint density at radius 3 is 2.68 bits per heavy atom. The molecule has 1 aromatic heterocycles. The molecular formula is C29H38ClN5O6. The molecule has 41 heavy (non-hydrogen) atoms. The number of carbonyl (C=O) groups is 3. The number of methoxy groups -OCH3 is 1. The summed E-state index contributed by atoms with van der Waals surface area (Å²) in [5.41, 5.74) is 1.93. The molecule has 2 fully saturated rings. The predicted molar refractivity (Wildman–Crippen MR) is 149 cm³/mol. The number of nitrogens with zero attached hydrogens (tertiary/aromatic N) is 5. The topological polar surface area (TPSA) is 127 Å². The highest BCUT2D eigenvalue weighted by Gasteiger charge is 2.50. The van der Waals surface area contributed by atoms with Gasteiger partial charge in [-0.15, -0.1) is 5.10 Å². The van der Waals surface area contributed by atoms with Gasteiger partial charge in [-0.3, -0.25) is 14.4 Å². The Bertz CT molecular complexity index is 1330. The fraction of sp³-hybridized carbons (Fsp3) is 0.621. The van der Waals surface area contributed by atoms with Gasteiger partial charge in [0.15, 0.2) is 0 Å². The third-order valence-electron chi connectivity index (χ3n) is 9.08. The lowest BCUT2D eigenvalue weighted by Gasteiger charge is -2.45. The molecule has 222 valence electrons. The smallest absolute Gasteiger partial charge is 0.310 e. The summed E-state index contributed by atoms with van der Waals surface area (Å²) < 4.78 is 13.3. The molecule has 1 saturated heterocycles. The Hall–Kier alpha value is -3.18. The summed E-state index contributed by atoms with van der Waals surface area (Å²) in [7, 11) is 3.39. The molecule has 2 aromatic rings. The number of rotatable bonds is 9. The highest BCUT2D eigenvalue weighted by molar-refractivity contribution is 6.31. The SMILES string of the molecule is COCc1c(COc2ccc(Cl)c3c2C(CN2CCCC2=O)N(C(=O)[C@@H]2CCCC[C@]2(C)C(=O)O)CC3)nnn1C. The summed E-state index contributed by atoms with van der Waals surface area (Å²) in [5, 5.41) is 19.0. The number of fused-ring (bicyclic) bond motifs is 1. The molecule has 0 spiro atoms. The van der Waals surface area contributed by atoms with Gasteiger partial charge in [-0.1, -0.05) is 29.7 Å². The van der Waals surface area contributed by atoms with Crippen molar-refractivity contribution in [2.24, 2.45) is 18.4 Å². The lowest BCUT2D eigenvalue weighted by atomic mass is 9.66. The molecule has 3 aliphatic rings. The molecule has 3 heterocycles. The van der Waals surface area contributed by atoms with E-state index in [1.165, 1.54) is 0 Å². The van der Waals surface area contributed by atoms with Crippen molar-refractivity contribution < 1.29 is 29.0 Å². The van der Waals surface area contributed by atoms with Crippen molar-refractivity contribution in [1.82, 2.24) is 24.8 Å². The predicted octanol–water partition coefficient (Wildman–Crippen LogP) is 3.52. The third kappa shape index (κ3) is 5.53. The van der Waals surface area contributed by atoms with Gasteiger partial charge in [-0.25, -0.2) is 4.68 Å². The van der Waals surface area contributed by atoms with Crippen LogP contribution >= 0.6 is 11.6 Å². The van der Waals surface area contributed by atoms with Crippen LogP contribution in [0.4, 0.5) is 0 Å². The molecule has 1 aliphatic carbocycles. The maximum Gasteiger partial charge on any atom is 0.310 e. The zero-order valence-electron chi connectivity index (χ0n) is 23.9. The molecular weight excluding hydrogens is 550 g/mol. The zero-order chi connectivity index (χ0) is 29.3. The van der Waals surface area contributed by atoms with E-state index in [0.29, 0.717) is 68.4 Å². The number of aryl methyl sites for hydroxylation is 1. The summed E-state index contributed by atoms with van der Waals surface area (Å²) in [4.78, 5) is 43.0. The highest BCUT2D eigenvalue weighted by Crippen LogP contribution is 2.46. The molecule has 0 radical (unpaired) electrons. The average Bonchev–Trinajstić information content (AvgIpc) is 3.52. The molecule has 2 aliphatic heterocycles. The summed E-state index contributed by atoms with van der Waals surface area (Å²) in [6.07, 6.45) is 4.30.